The maximum Gasteiger partial charge on any atom is 0.325 e. The van der Waals surface area contributed by atoms with Crippen molar-refractivity contribution in [3.05, 3.63) is 36.7 Å². The van der Waals surface area contributed by atoms with E-state index in [9.17, 15) is 18.3 Å². The van der Waals surface area contributed by atoms with Gasteiger partial charge in [0.15, 0.2) is 0 Å². The van der Waals surface area contributed by atoms with Crippen molar-refractivity contribution >= 4 is 26.8 Å². The second-order valence-electron chi connectivity index (χ2n) is 5.46. The maximum atomic E-state index is 12.8. The zero-order valence-corrected chi connectivity index (χ0v) is 13.0. The fourth-order valence-corrected chi connectivity index (χ4v) is 4.37. The molecule has 0 spiro atoms. The van der Waals surface area contributed by atoms with Gasteiger partial charge in [-0.3, -0.25) is 9.78 Å². The number of carbonyl (C=O) groups is 1. The van der Waals surface area contributed by atoms with Crippen molar-refractivity contribution in [1.82, 2.24) is 9.71 Å². The zero-order chi connectivity index (χ0) is 16.5. The number of carboxylic acid groups (broad SMARTS) is 1. The van der Waals surface area contributed by atoms with Gasteiger partial charge in [-0.1, -0.05) is 12.1 Å². The van der Waals surface area contributed by atoms with Gasteiger partial charge >= 0.3 is 5.97 Å². The Balaban J connectivity index is 2.05. The van der Waals surface area contributed by atoms with E-state index < -0.39 is 21.5 Å². The number of carboxylic acids is 1. The molecule has 3 rings (SSSR count). The highest BCUT2D eigenvalue weighted by atomic mass is 32.2. The van der Waals surface area contributed by atoms with Gasteiger partial charge in [0, 0.05) is 49.2 Å². The first kappa shape index (κ1) is 15.9. The molecule has 0 bridgehead atoms. The second-order valence-corrected chi connectivity index (χ2v) is 7.11. The Kier molecular flexibility index (Phi) is 4.05. The molecule has 0 atom stereocenters. The van der Waals surface area contributed by atoms with Gasteiger partial charge in [-0.2, -0.15) is 4.72 Å². The van der Waals surface area contributed by atoms with E-state index in [0.29, 0.717) is 10.8 Å². The lowest BCUT2D eigenvalue weighted by molar-refractivity contribution is -0.147. The molecule has 1 saturated heterocycles. The smallest absolute Gasteiger partial charge is 0.325 e. The Bertz CT molecular complexity index is 839. The van der Waals surface area contributed by atoms with Crippen LogP contribution in [0.25, 0.3) is 10.8 Å². The van der Waals surface area contributed by atoms with E-state index >= 15 is 0 Å². The van der Waals surface area contributed by atoms with Crippen molar-refractivity contribution in [1.29, 1.82) is 0 Å². The van der Waals surface area contributed by atoms with Crippen molar-refractivity contribution in [2.24, 2.45) is 0 Å². The molecule has 2 aromatic rings. The van der Waals surface area contributed by atoms with Gasteiger partial charge in [-0.15, -0.1) is 0 Å². The summed E-state index contributed by atoms with van der Waals surface area (Å²) >= 11 is 0. The van der Waals surface area contributed by atoms with Crippen LogP contribution in [-0.2, 0) is 19.6 Å². The van der Waals surface area contributed by atoms with E-state index in [0.717, 1.165) is 0 Å². The molecule has 2 N–H and O–H groups in total. The molecule has 1 fully saturated rings. The fourth-order valence-electron chi connectivity index (χ4n) is 2.72. The molecule has 122 valence electrons. The maximum absolute atomic E-state index is 12.8. The average molecular weight is 336 g/mol. The molecule has 2 heterocycles. The molecule has 1 aliphatic heterocycles. The van der Waals surface area contributed by atoms with Crippen LogP contribution in [0.3, 0.4) is 0 Å². The molecule has 0 unspecified atom stereocenters. The Morgan fingerprint density at radius 2 is 2.00 bits per heavy atom. The quantitative estimate of drug-likeness (QED) is 0.867. The fraction of sp³-hybridized carbons (Fsp3) is 0.333. The molecule has 7 nitrogen and oxygen atoms in total. The van der Waals surface area contributed by atoms with Crippen LogP contribution in [0.4, 0.5) is 0 Å². The minimum Gasteiger partial charge on any atom is -0.480 e. The SMILES string of the molecule is O=C(O)C1(NS(=O)(=O)c2cccc3cnccc23)CCOCC1. The van der Waals surface area contributed by atoms with Crippen molar-refractivity contribution in [3.8, 4) is 0 Å². The van der Waals surface area contributed by atoms with Gasteiger partial charge in [0.05, 0.1) is 4.90 Å². The summed E-state index contributed by atoms with van der Waals surface area (Å²) in [6, 6.07) is 6.42. The standard InChI is InChI=1S/C15H16N2O5S/c18-14(19)15(5-8-22-9-6-15)17-23(20,21)13-3-1-2-11-10-16-7-4-12(11)13/h1-4,7,10,17H,5-6,8-9H2,(H,18,19). The largest absolute Gasteiger partial charge is 0.480 e. The molecular formula is C15H16N2O5S. The number of ether oxygens (including phenoxy) is 1. The van der Waals surface area contributed by atoms with Crippen molar-refractivity contribution in [3.63, 3.8) is 0 Å². The van der Waals surface area contributed by atoms with Crippen LogP contribution in [0.5, 0.6) is 0 Å². The Hall–Kier alpha value is -2.03. The van der Waals surface area contributed by atoms with Gasteiger partial charge in [0.25, 0.3) is 0 Å². The Labute approximate surface area is 133 Å². The topological polar surface area (TPSA) is 106 Å². The number of sulfonamides is 1. The van der Waals surface area contributed by atoms with Crippen LogP contribution in [0.15, 0.2) is 41.6 Å². The summed E-state index contributed by atoms with van der Waals surface area (Å²) in [5.74, 6) is -1.19. The van der Waals surface area contributed by atoms with Crippen LogP contribution >= 0.6 is 0 Å². The number of aromatic nitrogens is 1. The summed E-state index contributed by atoms with van der Waals surface area (Å²) in [6.45, 7) is 0.405. The Morgan fingerprint density at radius 3 is 2.70 bits per heavy atom. The molecule has 0 amide bonds. The third kappa shape index (κ3) is 2.92. The summed E-state index contributed by atoms with van der Waals surface area (Å²) in [7, 11) is -4.00. The number of rotatable bonds is 4. The van der Waals surface area contributed by atoms with Crippen molar-refractivity contribution < 1.29 is 23.1 Å². The third-order valence-corrected chi connectivity index (χ3v) is 5.61. The summed E-state index contributed by atoms with van der Waals surface area (Å²) in [6.07, 6.45) is 3.25. The lowest BCUT2D eigenvalue weighted by Crippen LogP contribution is -2.57. The van der Waals surface area contributed by atoms with E-state index in [1.54, 1.807) is 24.4 Å². The normalized spacial score (nSPS) is 17.9. The Morgan fingerprint density at radius 1 is 1.26 bits per heavy atom. The third-order valence-electron chi connectivity index (χ3n) is 4.02. The van der Waals surface area contributed by atoms with Gasteiger partial charge < -0.3 is 9.84 Å². The number of aliphatic carboxylic acids is 1. The van der Waals surface area contributed by atoms with Gasteiger partial charge in [-0.05, 0) is 12.1 Å². The highest BCUT2D eigenvalue weighted by Crippen LogP contribution is 2.27. The minimum absolute atomic E-state index is 0.0458. The molecular weight excluding hydrogens is 320 g/mol. The van der Waals surface area contributed by atoms with Crippen LogP contribution in [0.1, 0.15) is 12.8 Å². The highest BCUT2D eigenvalue weighted by molar-refractivity contribution is 7.89. The lowest BCUT2D eigenvalue weighted by atomic mass is 9.92. The number of nitrogens with zero attached hydrogens (tertiary/aromatic N) is 1. The van der Waals surface area contributed by atoms with E-state index in [-0.39, 0.29) is 31.0 Å². The van der Waals surface area contributed by atoms with Gasteiger partial charge in [0.2, 0.25) is 10.0 Å². The van der Waals surface area contributed by atoms with E-state index in [4.69, 9.17) is 4.74 Å². The van der Waals surface area contributed by atoms with Crippen LogP contribution in [-0.4, -0.2) is 43.2 Å². The molecule has 8 heteroatoms. The van der Waals surface area contributed by atoms with Crippen molar-refractivity contribution in [2.75, 3.05) is 13.2 Å². The molecule has 1 aromatic heterocycles. The summed E-state index contributed by atoms with van der Waals surface area (Å²) in [5.41, 5.74) is -1.54. The molecule has 1 aromatic carbocycles. The zero-order valence-electron chi connectivity index (χ0n) is 12.2. The second kappa shape index (κ2) is 5.88. The number of nitrogens with one attached hydrogen (secondary N) is 1. The molecule has 0 radical (unpaired) electrons. The monoisotopic (exact) mass is 336 g/mol. The number of hydrogen-bond acceptors (Lipinski definition) is 5. The predicted molar refractivity (Wildman–Crippen MR) is 82.5 cm³/mol. The summed E-state index contributed by atoms with van der Waals surface area (Å²) < 4.78 is 33.1. The van der Waals surface area contributed by atoms with Gasteiger partial charge in [-0.25, -0.2) is 8.42 Å². The first-order valence-electron chi connectivity index (χ1n) is 7.12. The minimum atomic E-state index is -4.00. The van der Waals surface area contributed by atoms with E-state index in [2.05, 4.69) is 9.71 Å². The average Bonchev–Trinajstić information content (AvgIpc) is 2.54. The van der Waals surface area contributed by atoms with Crippen molar-refractivity contribution in [2.45, 2.75) is 23.3 Å². The van der Waals surface area contributed by atoms with Crippen LogP contribution in [0.2, 0.25) is 0 Å². The van der Waals surface area contributed by atoms with E-state index in [1.165, 1.54) is 12.3 Å². The summed E-state index contributed by atoms with van der Waals surface area (Å²) in [4.78, 5) is 15.7. The molecule has 23 heavy (non-hydrogen) atoms. The van der Waals surface area contributed by atoms with Gasteiger partial charge in [0.1, 0.15) is 5.54 Å². The number of fused-ring (bicyclic) bond motifs is 1. The molecule has 1 aliphatic rings. The lowest BCUT2D eigenvalue weighted by Gasteiger charge is -2.33. The number of hydrogen-bond donors (Lipinski definition) is 2. The van der Waals surface area contributed by atoms with Crippen LogP contribution in [0, 0.1) is 0 Å². The molecule has 0 saturated carbocycles. The van der Waals surface area contributed by atoms with E-state index in [1.807, 2.05) is 0 Å². The highest BCUT2D eigenvalue weighted by Gasteiger charge is 2.44. The first-order chi connectivity index (χ1) is 10.9. The van der Waals surface area contributed by atoms with Crippen LogP contribution < -0.4 is 4.72 Å². The number of pyridine rings is 1. The summed E-state index contributed by atoms with van der Waals surface area (Å²) in [5, 5.41) is 10.7. The number of benzene rings is 1. The first-order valence-corrected chi connectivity index (χ1v) is 8.61. The predicted octanol–water partition coefficient (Wildman–Crippen LogP) is 1.15. The molecule has 0 aliphatic carbocycles.